The normalized spacial score (nSPS) is 12.9. The molecule has 61 heavy (non-hydrogen) atoms. The number of carboxylic acid groups (broad SMARTS) is 1. The average molecular weight is 865 g/mol. The van der Waals surface area contributed by atoms with Gasteiger partial charge < -0.3 is 23.8 Å². The molecule has 0 radical (unpaired) electrons. The number of hydrogen-bond acceptors (Lipinski definition) is 6. The highest BCUT2D eigenvalue weighted by atomic mass is 16.6. The first-order valence-corrected chi connectivity index (χ1v) is 26.2. The van der Waals surface area contributed by atoms with Crippen molar-refractivity contribution >= 4 is 17.9 Å². The number of nitrogens with zero attached hydrogens (tertiary/aromatic N) is 1. The van der Waals surface area contributed by atoms with Gasteiger partial charge in [-0.1, -0.05) is 212 Å². The number of rotatable bonds is 48. The third-order valence-electron chi connectivity index (χ3n) is 12.2. The number of hydrogen-bond donors (Lipinski definition) is 1. The van der Waals surface area contributed by atoms with E-state index in [2.05, 4.69) is 26.0 Å². The van der Waals surface area contributed by atoms with Crippen LogP contribution in [0.1, 0.15) is 258 Å². The van der Waals surface area contributed by atoms with Crippen molar-refractivity contribution < 1.29 is 38.2 Å². The van der Waals surface area contributed by atoms with Gasteiger partial charge in [-0.2, -0.15) is 0 Å². The molecule has 0 spiro atoms. The molecule has 0 aromatic heterocycles. The van der Waals surface area contributed by atoms with Gasteiger partial charge in [-0.25, -0.2) is 4.79 Å². The second kappa shape index (κ2) is 44.7. The number of carbonyl (C=O) groups is 3. The Morgan fingerprint density at radius 2 is 0.820 bits per heavy atom. The average Bonchev–Trinajstić information content (AvgIpc) is 3.22. The first kappa shape index (κ1) is 59.1. The summed E-state index contributed by atoms with van der Waals surface area (Å²) in [5, 5.41) is 9.64. The molecule has 8 nitrogen and oxygen atoms in total. The Morgan fingerprint density at radius 1 is 0.475 bits per heavy atom. The van der Waals surface area contributed by atoms with Gasteiger partial charge in [-0.15, -0.1) is 0 Å². The number of carbonyl (C=O) groups excluding carboxylic acids is 2. The maximum atomic E-state index is 12.8. The number of esters is 2. The maximum absolute atomic E-state index is 12.8. The van der Waals surface area contributed by atoms with Crippen molar-refractivity contribution in [3.8, 4) is 0 Å². The van der Waals surface area contributed by atoms with Crippen molar-refractivity contribution in [3.05, 3.63) is 12.2 Å². The van der Waals surface area contributed by atoms with Gasteiger partial charge in [0, 0.05) is 19.3 Å². The summed E-state index contributed by atoms with van der Waals surface area (Å²) in [5.74, 6) is -1.46. The van der Waals surface area contributed by atoms with Gasteiger partial charge in [0.2, 0.25) is 0 Å². The number of quaternary nitrogens is 1. The predicted octanol–water partition coefficient (Wildman–Crippen LogP) is 15.0. The molecule has 0 aliphatic rings. The lowest BCUT2D eigenvalue weighted by Gasteiger charge is -2.31. The first-order chi connectivity index (χ1) is 29.6. The smallest absolute Gasteiger partial charge is 0.362 e. The van der Waals surface area contributed by atoms with E-state index in [0.717, 1.165) is 51.4 Å². The van der Waals surface area contributed by atoms with Crippen molar-refractivity contribution in [2.45, 2.75) is 270 Å². The zero-order valence-corrected chi connectivity index (χ0v) is 41.1. The van der Waals surface area contributed by atoms with E-state index in [1.165, 1.54) is 173 Å². The van der Waals surface area contributed by atoms with Crippen LogP contribution in [0.25, 0.3) is 0 Å². The highest BCUT2D eigenvalue weighted by Crippen LogP contribution is 2.17. The van der Waals surface area contributed by atoms with Crippen molar-refractivity contribution in [3.63, 3.8) is 0 Å². The van der Waals surface area contributed by atoms with Crippen LogP contribution in [0.15, 0.2) is 12.2 Å². The Kier molecular flexibility index (Phi) is 43.3. The fourth-order valence-corrected chi connectivity index (χ4v) is 8.09. The summed E-state index contributed by atoms with van der Waals surface area (Å²) >= 11 is 0. The van der Waals surface area contributed by atoms with Crippen LogP contribution in [-0.4, -0.2) is 80.6 Å². The van der Waals surface area contributed by atoms with Crippen molar-refractivity contribution in [1.29, 1.82) is 0 Å². The van der Waals surface area contributed by atoms with Crippen molar-refractivity contribution in [2.75, 3.05) is 41.0 Å². The Labute approximate surface area is 378 Å². The van der Waals surface area contributed by atoms with Crippen LogP contribution in [0.4, 0.5) is 0 Å². The molecule has 0 aromatic rings. The van der Waals surface area contributed by atoms with E-state index in [9.17, 15) is 19.5 Å². The Bertz CT molecular complexity index is 1010. The minimum atomic E-state index is -0.872. The SMILES string of the molecule is CCCCCCC/C=C\CCCCCCCC(=O)OC(COCCC(C(=O)O)[N+](C)(C)C)COC(=O)CCCCCCCCCCCCCCCCCCCCCCCCC. The fraction of sp³-hybridized carbons (Fsp3) is 0.906. The summed E-state index contributed by atoms with van der Waals surface area (Å²) in [6, 6.07) is -0.612. The molecule has 0 aliphatic carbocycles. The maximum Gasteiger partial charge on any atom is 0.362 e. The van der Waals surface area contributed by atoms with Gasteiger partial charge in [0.05, 0.1) is 34.4 Å². The second-order valence-electron chi connectivity index (χ2n) is 19.1. The molecule has 2 atom stereocenters. The molecule has 0 fully saturated rings. The molecule has 0 aliphatic heterocycles. The minimum Gasteiger partial charge on any atom is -0.477 e. The fourth-order valence-electron chi connectivity index (χ4n) is 8.09. The molecule has 1 N–H and O–H groups in total. The van der Waals surface area contributed by atoms with Gasteiger partial charge in [0.15, 0.2) is 12.1 Å². The van der Waals surface area contributed by atoms with Crippen LogP contribution >= 0.6 is 0 Å². The number of likely N-dealkylation sites (N-methyl/N-ethyl adjacent to an activating group) is 1. The highest BCUT2D eigenvalue weighted by Gasteiger charge is 2.31. The zero-order valence-electron chi connectivity index (χ0n) is 41.1. The lowest BCUT2D eigenvalue weighted by molar-refractivity contribution is -0.887. The van der Waals surface area contributed by atoms with Crippen LogP contribution in [0.3, 0.4) is 0 Å². The summed E-state index contributed by atoms with van der Waals surface area (Å²) in [6.45, 7) is 4.77. The van der Waals surface area contributed by atoms with Gasteiger partial charge in [-0.3, -0.25) is 9.59 Å². The predicted molar refractivity (Wildman–Crippen MR) is 257 cm³/mol. The summed E-state index contributed by atoms with van der Waals surface area (Å²) in [4.78, 5) is 37.1. The van der Waals surface area contributed by atoms with Crippen molar-refractivity contribution in [1.82, 2.24) is 0 Å². The van der Waals surface area contributed by atoms with Crippen LogP contribution < -0.4 is 0 Å². The monoisotopic (exact) mass is 865 g/mol. The van der Waals surface area contributed by atoms with Crippen LogP contribution in [0.5, 0.6) is 0 Å². The molecule has 0 saturated carbocycles. The molecule has 0 heterocycles. The molecule has 360 valence electrons. The topological polar surface area (TPSA) is 99.1 Å². The van der Waals surface area contributed by atoms with E-state index in [0.29, 0.717) is 19.3 Å². The number of allylic oxidation sites excluding steroid dienone is 2. The molecule has 8 heteroatoms. The molecule has 0 aromatic carbocycles. The van der Waals surface area contributed by atoms with E-state index in [4.69, 9.17) is 14.2 Å². The summed E-state index contributed by atoms with van der Waals surface area (Å²) in [5.41, 5.74) is 0. The lowest BCUT2D eigenvalue weighted by atomic mass is 10.0. The minimum absolute atomic E-state index is 0.0477. The van der Waals surface area contributed by atoms with E-state index >= 15 is 0 Å². The largest absolute Gasteiger partial charge is 0.477 e. The van der Waals surface area contributed by atoms with E-state index in [1.54, 1.807) is 0 Å². The van der Waals surface area contributed by atoms with Gasteiger partial charge in [0.25, 0.3) is 0 Å². The molecule has 0 bridgehead atoms. The standard InChI is InChI=1S/C53H101NO7/c1-6-8-10-12-14-16-18-20-22-23-24-25-26-27-28-29-30-32-33-35-37-39-41-43-51(55)60-48-49(47-59-46-45-50(53(57)58)54(3,4)5)61-52(56)44-42-40-38-36-34-31-21-19-17-15-13-11-9-7-2/h19,21,49-50H,6-18,20,22-48H2,1-5H3/p+1/b21-19-. The molecule has 0 rings (SSSR count). The quantitative estimate of drug-likeness (QED) is 0.0281. The van der Waals surface area contributed by atoms with Crippen LogP contribution in [0.2, 0.25) is 0 Å². The zero-order chi connectivity index (χ0) is 44.9. The summed E-state index contributed by atoms with van der Waals surface area (Å²) in [7, 11) is 5.54. The van der Waals surface area contributed by atoms with Crippen LogP contribution in [-0.2, 0) is 28.6 Å². The number of aliphatic carboxylic acids is 1. The lowest BCUT2D eigenvalue weighted by Crippen LogP contribution is -2.50. The Balaban J connectivity index is 4.13. The molecule has 2 unspecified atom stereocenters. The van der Waals surface area contributed by atoms with Gasteiger partial charge in [-0.05, 0) is 38.5 Å². The van der Waals surface area contributed by atoms with Gasteiger partial charge >= 0.3 is 17.9 Å². The third-order valence-corrected chi connectivity index (χ3v) is 12.2. The van der Waals surface area contributed by atoms with E-state index < -0.39 is 18.1 Å². The number of ether oxygens (including phenoxy) is 3. The summed E-state index contributed by atoms with van der Waals surface area (Å²) < 4.78 is 17.4. The Morgan fingerprint density at radius 3 is 1.18 bits per heavy atom. The van der Waals surface area contributed by atoms with E-state index in [1.807, 2.05) is 21.1 Å². The third kappa shape index (κ3) is 43.1. The highest BCUT2D eigenvalue weighted by molar-refractivity contribution is 5.72. The second-order valence-corrected chi connectivity index (χ2v) is 19.1. The van der Waals surface area contributed by atoms with Crippen molar-refractivity contribution in [2.24, 2.45) is 0 Å². The van der Waals surface area contributed by atoms with Gasteiger partial charge in [0.1, 0.15) is 6.61 Å². The van der Waals surface area contributed by atoms with E-state index in [-0.39, 0.29) is 36.2 Å². The molecular weight excluding hydrogens is 763 g/mol. The molecule has 0 saturated heterocycles. The molecule has 0 amide bonds. The van der Waals surface area contributed by atoms with Crippen LogP contribution in [0, 0.1) is 0 Å². The molecular formula is C53H102NO7+. The Hall–Kier alpha value is -1.93. The first-order valence-electron chi connectivity index (χ1n) is 26.2. The number of unbranched alkanes of at least 4 members (excludes halogenated alkanes) is 32. The summed E-state index contributed by atoms with van der Waals surface area (Å²) in [6.07, 6.45) is 49.8. The number of carboxylic acids is 1.